The highest BCUT2D eigenvalue weighted by molar-refractivity contribution is 6.32. The molecule has 0 atom stereocenters. The molecule has 2 aromatic rings. The van der Waals surface area contributed by atoms with Crippen LogP contribution in [-0.4, -0.2) is 23.6 Å². The fourth-order valence-corrected chi connectivity index (χ4v) is 2.18. The van der Waals surface area contributed by atoms with Crippen molar-refractivity contribution in [1.82, 2.24) is 16.0 Å². The third-order valence-corrected chi connectivity index (χ3v) is 3.46. The van der Waals surface area contributed by atoms with Crippen molar-refractivity contribution in [2.24, 2.45) is 0 Å². The van der Waals surface area contributed by atoms with Crippen LogP contribution in [0, 0.1) is 6.92 Å². The van der Waals surface area contributed by atoms with Crippen LogP contribution in [0.2, 0.25) is 5.02 Å². The molecule has 2 rings (SSSR count). The molecule has 0 saturated heterocycles. The van der Waals surface area contributed by atoms with Gasteiger partial charge in [-0.15, -0.1) is 0 Å². The van der Waals surface area contributed by atoms with E-state index in [9.17, 15) is 9.59 Å². The van der Waals surface area contributed by atoms with Gasteiger partial charge in [0.25, 0.3) is 11.8 Å². The van der Waals surface area contributed by atoms with Crippen molar-refractivity contribution in [3.63, 3.8) is 0 Å². The van der Waals surface area contributed by atoms with Gasteiger partial charge in [0.05, 0.1) is 10.7 Å². The lowest BCUT2D eigenvalue weighted by atomic mass is 10.1. The molecule has 0 spiro atoms. The monoisotopic (exact) mass is 351 g/mol. The second kappa shape index (κ2) is 7.83. The van der Waals surface area contributed by atoms with Crippen LogP contribution in [0.4, 0.5) is 0 Å². The van der Waals surface area contributed by atoms with Gasteiger partial charge in [-0.1, -0.05) is 42.7 Å². The van der Waals surface area contributed by atoms with E-state index in [-0.39, 0.29) is 12.5 Å². The molecule has 0 bridgehead atoms. The van der Waals surface area contributed by atoms with Crippen LogP contribution in [0.1, 0.15) is 41.6 Å². The van der Waals surface area contributed by atoms with Crippen molar-refractivity contribution in [2.75, 3.05) is 6.61 Å². The molecule has 2 amide bonds. The molecule has 0 aliphatic heterocycles. The van der Waals surface area contributed by atoms with Gasteiger partial charge < -0.3 is 9.26 Å². The molecular formula is C16H18ClN3O4. The number of aryl methyl sites for hydroxylation is 1. The number of hydrogen-bond acceptors (Lipinski definition) is 5. The van der Waals surface area contributed by atoms with E-state index >= 15 is 0 Å². The van der Waals surface area contributed by atoms with Crippen LogP contribution >= 0.6 is 11.6 Å². The first-order valence-corrected chi connectivity index (χ1v) is 7.70. The number of amides is 2. The molecule has 24 heavy (non-hydrogen) atoms. The van der Waals surface area contributed by atoms with E-state index in [1.165, 1.54) is 0 Å². The number of carbonyl (C=O) groups excluding carboxylic acids is 2. The minimum Gasteiger partial charge on any atom is -0.482 e. The second-order valence-corrected chi connectivity index (χ2v) is 5.79. The highest BCUT2D eigenvalue weighted by Gasteiger charge is 2.22. The van der Waals surface area contributed by atoms with Crippen molar-refractivity contribution in [3.8, 4) is 5.75 Å². The lowest BCUT2D eigenvalue weighted by Crippen LogP contribution is -2.44. The number of hydrogen-bond donors (Lipinski definition) is 2. The average molecular weight is 352 g/mol. The third-order valence-electron chi connectivity index (χ3n) is 3.15. The predicted octanol–water partition coefficient (Wildman–Crippen LogP) is 2.60. The van der Waals surface area contributed by atoms with Crippen molar-refractivity contribution in [1.29, 1.82) is 0 Å². The number of nitrogens with zero attached hydrogens (tertiary/aromatic N) is 1. The summed E-state index contributed by atoms with van der Waals surface area (Å²) < 4.78 is 10.4. The Bertz CT molecular complexity index is 743. The summed E-state index contributed by atoms with van der Waals surface area (Å²) in [4.78, 5) is 24.0. The largest absolute Gasteiger partial charge is 0.482 e. The molecule has 1 aromatic heterocycles. The Kier molecular flexibility index (Phi) is 5.81. The quantitative estimate of drug-likeness (QED) is 0.807. The Balaban J connectivity index is 1.89. The normalized spacial score (nSPS) is 10.5. The second-order valence-electron chi connectivity index (χ2n) is 5.38. The lowest BCUT2D eigenvalue weighted by molar-refractivity contribution is -0.123. The summed E-state index contributed by atoms with van der Waals surface area (Å²) >= 11 is 5.92. The third kappa shape index (κ3) is 4.26. The van der Waals surface area contributed by atoms with Gasteiger partial charge in [0.2, 0.25) is 0 Å². The molecule has 1 aromatic carbocycles. The number of hydrazine groups is 1. The summed E-state index contributed by atoms with van der Waals surface area (Å²) in [5.74, 6) is -0.178. The number of aromatic nitrogens is 1. The molecule has 0 unspecified atom stereocenters. The predicted molar refractivity (Wildman–Crippen MR) is 87.9 cm³/mol. The first-order chi connectivity index (χ1) is 11.4. The van der Waals surface area contributed by atoms with Crippen LogP contribution in [0.15, 0.2) is 28.8 Å². The minimum atomic E-state index is -0.525. The summed E-state index contributed by atoms with van der Waals surface area (Å²) in [7, 11) is 0. The van der Waals surface area contributed by atoms with E-state index in [0.29, 0.717) is 27.8 Å². The van der Waals surface area contributed by atoms with E-state index in [2.05, 4.69) is 16.0 Å². The summed E-state index contributed by atoms with van der Waals surface area (Å²) in [6.07, 6.45) is 0. The summed E-state index contributed by atoms with van der Waals surface area (Å²) in [6, 6.07) is 6.79. The minimum absolute atomic E-state index is 0.00814. The smallest absolute Gasteiger partial charge is 0.276 e. The van der Waals surface area contributed by atoms with Gasteiger partial charge in [-0.25, -0.2) is 0 Å². The molecule has 128 valence electrons. The van der Waals surface area contributed by atoms with E-state index in [1.54, 1.807) is 31.2 Å². The number of ether oxygens (including phenoxy) is 1. The fraction of sp³-hybridized carbons (Fsp3) is 0.312. The number of halogens is 1. The average Bonchev–Trinajstić information content (AvgIpc) is 2.94. The molecule has 0 aliphatic rings. The van der Waals surface area contributed by atoms with Crippen molar-refractivity contribution in [2.45, 2.75) is 26.7 Å². The zero-order chi connectivity index (χ0) is 17.7. The summed E-state index contributed by atoms with van der Waals surface area (Å²) in [6.45, 7) is 5.13. The fourth-order valence-electron chi connectivity index (χ4n) is 1.99. The molecule has 1 heterocycles. The highest BCUT2D eigenvalue weighted by atomic mass is 35.5. The summed E-state index contributed by atoms with van der Waals surface area (Å²) in [5, 5.41) is 4.18. The van der Waals surface area contributed by atoms with Crippen LogP contribution in [0.3, 0.4) is 0 Å². The zero-order valence-corrected chi connectivity index (χ0v) is 14.3. The number of rotatable bonds is 5. The van der Waals surface area contributed by atoms with Crippen molar-refractivity contribution in [3.05, 3.63) is 46.3 Å². The standard InChI is InChI=1S/C16H18ClN3O4/c1-9(2)15-14(10(3)20-24-15)16(22)19-18-13(21)8-23-12-7-5-4-6-11(12)17/h4-7,9H,8H2,1-3H3,(H,18,21)(H,19,22). The topological polar surface area (TPSA) is 93.5 Å². The Hall–Kier alpha value is -2.54. The van der Waals surface area contributed by atoms with Crippen LogP contribution in [0.25, 0.3) is 0 Å². The van der Waals surface area contributed by atoms with Crippen LogP contribution in [0.5, 0.6) is 5.75 Å². The Morgan fingerprint density at radius 2 is 2.00 bits per heavy atom. The maximum atomic E-state index is 12.2. The maximum Gasteiger partial charge on any atom is 0.276 e. The molecule has 7 nitrogen and oxygen atoms in total. The van der Waals surface area contributed by atoms with Gasteiger partial charge >= 0.3 is 0 Å². The van der Waals surface area contributed by atoms with Gasteiger partial charge in [0.1, 0.15) is 11.3 Å². The molecular weight excluding hydrogens is 334 g/mol. The van der Waals surface area contributed by atoms with E-state index in [0.717, 1.165) is 0 Å². The van der Waals surface area contributed by atoms with Gasteiger partial charge in [-0.3, -0.25) is 20.4 Å². The Morgan fingerprint density at radius 3 is 2.67 bits per heavy atom. The van der Waals surface area contributed by atoms with Crippen molar-refractivity contribution >= 4 is 23.4 Å². The van der Waals surface area contributed by atoms with Gasteiger partial charge in [-0.2, -0.15) is 0 Å². The van der Waals surface area contributed by atoms with Crippen molar-refractivity contribution < 1.29 is 18.8 Å². The van der Waals surface area contributed by atoms with Gasteiger partial charge in [0, 0.05) is 5.92 Å². The Labute approximate surface area is 144 Å². The number of carbonyl (C=O) groups is 2. The summed E-state index contributed by atoms with van der Waals surface area (Å²) in [5.41, 5.74) is 5.37. The number of benzene rings is 1. The SMILES string of the molecule is Cc1noc(C(C)C)c1C(=O)NNC(=O)COc1ccccc1Cl. The molecule has 8 heteroatoms. The molecule has 0 fully saturated rings. The van der Waals surface area contributed by atoms with E-state index in [4.69, 9.17) is 20.9 Å². The van der Waals surface area contributed by atoms with E-state index < -0.39 is 11.8 Å². The highest BCUT2D eigenvalue weighted by Crippen LogP contribution is 2.23. The molecule has 0 radical (unpaired) electrons. The first-order valence-electron chi connectivity index (χ1n) is 7.32. The zero-order valence-electron chi connectivity index (χ0n) is 13.6. The maximum absolute atomic E-state index is 12.2. The molecule has 0 aliphatic carbocycles. The Morgan fingerprint density at radius 1 is 1.29 bits per heavy atom. The van der Waals surface area contributed by atoms with Gasteiger partial charge in [-0.05, 0) is 19.1 Å². The lowest BCUT2D eigenvalue weighted by Gasteiger charge is -2.10. The van der Waals surface area contributed by atoms with Gasteiger partial charge in [0.15, 0.2) is 12.4 Å². The number of nitrogens with one attached hydrogen (secondary N) is 2. The molecule has 2 N–H and O–H groups in total. The molecule has 0 saturated carbocycles. The van der Waals surface area contributed by atoms with E-state index in [1.807, 2.05) is 13.8 Å². The van der Waals surface area contributed by atoms with Crippen LogP contribution < -0.4 is 15.6 Å². The number of para-hydroxylation sites is 1. The first kappa shape index (κ1) is 17.8. The van der Waals surface area contributed by atoms with Crippen LogP contribution in [-0.2, 0) is 4.79 Å².